The lowest BCUT2D eigenvalue weighted by Gasteiger charge is -2.33. The number of pyridine rings is 2. The van der Waals surface area contributed by atoms with Crippen LogP contribution < -0.4 is 4.90 Å². The van der Waals surface area contributed by atoms with Crippen LogP contribution in [0.2, 0.25) is 0 Å². The van der Waals surface area contributed by atoms with Crippen molar-refractivity contribution in [2.24, 2.45) is 5.41 Å². The molecule has 1 fully saturated rings. The van der Waals surface area contributed by atoms with E-state index in [9.17, 15) is 4.79 Å². The molecule has 0 N–H and O–H groups in total. The number of aryl methyl sites for hydroxylation is 1. The molecule has 1 saturated heterocycles. The SMILES string of the molecule is Cc1ccc2oc(N3CCN(C(=O)c4cnc(-c5cnnn5CC(C)(C)C)c(F)c4)CC3)nc2n1. The van der Waals surface area contributed by atoms with Crippen molar-refractivity contribution in [2.45, 2.75) is 34.2 Å². The van der Waals surface area contributed by atoms with E-state index in [0.717, 1.165) is 5.69 Å². The standard InChI is InChI=1S/C24H27FN8O2/c1-15-5-6-19-21(28-15)29-23(35-19)32-9-7-31(8-10-32)22(34)16-11-17(25)20(26-12-16)18-13-27-30-33(18)14-24(2,3)4/h5-6,11-13H,7-10,14H2,1-4H3. The van der Waals surface area contributed by atoms with E-state index in [4.69, 9.17) is 4.42 Å². The molecule has 0 aromatic carbocycles. The molecule has 1 aliphatic heterocycles. The number of piperazine rings is 1. The molecular formula is C24H27FN8O2. The Balaban J connectivity index is 1.27. The highest BCUT2D eigenvalue weighted by molar-refractivity contribution is 5.94. The summed E-state index contributed by atoms with van der Waals surface area (Å²) < 4.78 is 22.5. The van der Waals surface area contributed by atoms with Crippen molar-refractivity contribution in [3.63, 3.8) is 0 Å². The van der Waals surface area contributed by atoms with E-state index >= 15 is 4.39 Å². The number of carbonyl (C=O) groups excluding carboxylic acids is 1. The number of amides is 1. The zero-order valence-electron chi connectivity index (χ0n) is 20.2. The number of nitrogens with zero attached hydrogens (tertiary/aromatic N) is 8. The molecule has 10 nitrogen and oxygen atoms in total. The maximum atomic E-state index is 15.0. The smallest absolute Gasteiger partial charge is 0.300 e. The van der Waals surface area contributed by atoms with Gasteiger partial charge in [-0.05, 0) is 30.5 Å². The van der Waals surface area contributed by atoms with Crippen LogP contribution >= 0.6 is 0 Å². The first kappa shape index (κ1) is 22.9. The number of hydrogen-bond acceptors (Lipinski definition) is 8. The summed E-state index contributed by atoms with van der Waals surface area (Å²) in [6.07, 6.45) is 2.90. The van der Waals surface area contributed by atoms with Crippen molar-refractivity contribution in [3.05, 3.63) is 47.7 Å². The van der Waals surface area contributed by atoms with Crippen molar-refractivity contribution in [1.29, 1.82) is 0 Å². The molecule has 5 heterocycles. The van der Waals surface area contributed by atoms with Crippen molar-refractivity contribution >= 4 is 23.2 Å². The van der Waals surface area contributed by atoms with Crippen LogP contribution in [0.4, 0.5) is 10.4 Å². The molecule has 0 bridgehead atoms. The van der Waals surface area contributed by atoms with Gasteiger partial charge in [0.1, 0.15) is 11.4 Å². The molecule has 0 spiro atoms. The van der Waals surface area contributed by atoms with Gasteiger partial charge in [-0.15, -0.1) is 5.10 Å². The Labute approximate surface area is 201 Å². The van der Waals surface area contributed by atoms with Gasteiger partial charge in [0.2, 0.25) is 5.65 Å². The van der Waals surface area contributed by atoms with Crippen LogP contribution in [0.3, 0.4) is 0 Å². The van der Waals surface area contributed by atoms with Crippen LogP contribution in [0.15, 0.2) is 35.0 Å². The summed E-state index contributed by atoms with van der Waals surface area (Å²) >= 11 is 0. The molecule has 1 amide bonds. The summed E-state index contributed by atoms with van der Waals surface area (Å²) in [7, 11) is 0. The zero-order valence-corrected chi connectivity index (χ0v) is 20.2. The van der Waals surface area contributed by atoms with Gasteiger partial charge in [-0.1, -0.05) is 26.0 Å². The Hall–Kier alpha value is -3.89. The van der Waals surface area contributed by atoms with Gasteiger partial charge >= 0.3 is 0 Å². The maximum Gasteiger partial charge on any atom is 0.300 e. The van der Waals surface area contributed by atoms with E-state index in [1.807, 2.05) is 24.0 Å². The number of oxazole rings is 1. The van der Waals surface area contributed by atoms with Crippen LogP contribution in [0.1, 0.15) is 36.8 Å². The average Bonchev–Trinajstić information content (AvgIpc) is 3.44. The number of hydrogen-bond donors (Lipinski definition) is 0. The molecular weight excluding hydrogens is 451 g/mol. The minimum absolute atomic E-state index is 0.0652. The fourth-order valence-corrected chi connectivity index (χ4v) is 4.07. The second-order valence-electron chi connectivity index (χ2n) is 9.94. The van der Waals surface area contributed by atoms with E-state index in [2.05, 4.69) is 46.0 Å². The van der Waals surface area contributed by atoms with Crippen molar-refractivity contribution in [2.75, 3.05) is 31.1 Å². The van der Waals surface area contributed by atoms with E-state index in [1.165, 1.54) is 18.5 Å². The number of fused-ring (bicyclic) bond motifs is 1. The predicted molar refractivity (Wildman–Crippen MR) is 127 cm³/mol. The summed E-state index contributed by atoms with van der Waals surface area (Å²) in [6, 6.07) is 5.45. The topological polar surface area (TPSA) is 106 Å². The van der Waals surface area contributed by atoms with Gasteiger partial charge < -0.3 is 14.2 Å². The van der Waals surface area contributed by atoms with Crippen LogP contribution in [0.5, 0.6) is 0 Å². The minimum Gasteiger partial charge on any atom is -0.422 e. The Morgan fingerprint density at radius 2 is 1.89 bits per heavy atom. The third-order valence-corrected chi connectivity index (χ3v) is 5.79. The molecule has 182 valence electrons. The Bertz CT molecular complexity index is 1380. The lowest BCUT2D eigenvalue weighted by molar-refractivity contribution is 0.0744. The van der Waals surface area contributed by atoms with Gasteiger partial charge in [-0.3, -0.25) is 9.78 Å². The van der Waals surface area contributed by atoms with Crippen molar-refractivity contribution in [3.8, 4) is 11.4 Å². The number of anilines is 1. The Kier molecular flexibility index (Phi) is 5.70. The number of rotatable bonds is 4. The lowest BCUT2D eigenvalue weighted by Crippen LogP contribution is -2.49. The van der Waals surface area contributed by atoms with Crippen LogP contribution in [0.25, 0.3) is 22.6 Å². The lowest BCUT2D eigenvalue weighted by atomic mass is 9.97. The molecule has 0 atom stereocenters. The number of aromatic nitrogens is 6. The molecule has 0 aliphatic carbocycles. The van der Waals surface area contributed by atoms with Crippen molar-refractivity contribution < 1.29 is 13.6 Å². The van der Waals surface area contributed by atoms with Gasteiger partial charge in [-0.2, -0.15) is 4.98 Å². The molecule has 4 aromatic heterocycles. The summed E-state index contributed by atoms with van der Waals surface area (Å²) in [4.78, 5) is 29.8. The highest BCUT2D eigenvalue weighted by Gasteiger charge is 2.26. The Morgan fingerprint density at radius 1 is 1.11 bits per heavy atom. The zero-order chi connectivity index (χ0) is 24.7. The molecule has 0 radical (unpaired) electrons. The van der Waals surface area contributed by atoms with Crippen molar-refractivity contribution in [1.82, 2.24) is 34.8 Å². The predicted octanol–water partition coefficient (Wildman–Crippen LogP) is 3.33. The second-order valence-corrected chi connectivity index (χ2v) is 9.94. The van der Waals surface area contributed by atoms with E-state index in [1.54, 1.807) is 9.58 Å². The molecule has 11 heteroatoms. The van der Waals surface area contributed by atoms with Gasteiger partial charge in [0, 0.05) is 44.6 Å². The monoisotopic (exact) mass is 478 g/mol. The highest BCUT2D eigenvalue weighted by atomic mass is 19.1. The summed E-state index contributed by atoms with van der Waals surface area (Å²) in [5.41, 5.74) is 2.81. The first-order valence-corrected chi connectivity index (χ1v) is 11.5. The van der Waals surface area contributed by atoms with Crippen LogP contribution in [-0.2, 0) is 6.54 Å². The van der Waals surface area contributed by atoms with E-state index in [0.29, 0.717) is 55.7 Å². The normalized spacial score (nSPS) is 14.7. The fourth-order valence-electron chi connectivity index (χ4n) is 4.07. The largest absolute Gasteiger partial charge is 0.422 e. The first-order valence-electron chi connectivity index (χ1n) is 11.5. The average molecular weight is 479 g/mol. The summed E-state index contributed by atoms with van der Waals surface area (Å²) in [5, 5.41) is 7.98. The summed E-state index contributed by atoms with van der Waals surface area (Å²) in [6.45, 7) is 10.6. The first-order chi connectivity index (χ1) is 16.7. The second kappa shape index (κ2) is 8.71. The van der Waals surface area contributed by atoms with E-state index in [-0.39, 0.29) is 22.6 Å². The molecule has 35 heavy (non-hydrogen) atoms. The third-order valence-electron chi connectivity index (χ3n) is 5.79. The van der Waals surface area contributed by atoms with Gasteiger partial charge in [0.05, 0.1) is 11.8 Å². The number of carbonyl (C=O) groups is 1. The molecule has 4 aromatic rings. The quantitative estimate of drug-likeness (QED) is 0.440. The van der Waals surface area contributed by atoms with Gasteiger partial charge in [0.15, 0.2) is 11.4 Å². The Morgan fingerprint density at radius 3 is 2.60 bits per heavy atom. The highest BCUT2D eigenvalue weighted by Crippen LogP contribution is 2.25. The minimum atomic E-state index is -0.582. The van der Waals surface area contributed by atoms with Gasteiger partial charge in [0.25, 0.3) is 11.9 Å². The van der Waals surface area contributed by atoms with Crippen LogP contribution in [0, 0.1) is 18.2 Å². The fraction of sp³-hybridized carbons (Fsp3) is 0.417. The van der Waals surface area contributed by atoms with Crippen LogP contribution in [-0.4, -0.2) is 66.9 Å². The summed E-state index contributed by atoms with van der Waals surface area (Å²) in [5.74, 6) is -0.847. The molecule has 0 saturated carbocycles. The van der Waals surface area contributed by atoms with E-state index < -0.39 is 5.82 Å². The third kappa shape index (κ3) is 4.71. The molecule has 5 rings (SSSR count). The molecule has 0 unspecified atom stereocenters. The number of halogens is 1. The van der Waals surface area contributed by atoms with Gasteiger partial charge in [-0.25, -0.2) is 14.1 Å². The molecule has 1 aliphatic rings. The maximum absolute atomic E-state index is 15.0.